The predicted molar refractivity (Wildman–Crippen MR) is 65.1 cm³/mol. The van der Waals surface area contributed by atoms with Gasteiger partial charge in [-0.3, -0.25) is 4.79 Å². The normalized spacial score (nSPS) is 20.5. The molecule has 0 N–H and O–H groups in total. The average Bonchev–Trinajstić information content (AvgIpc) is 2.29. The summed E-state index contributed by atoms with van der Waals surface area (Å²) in [5.41, 5.74) is -0.328. The van der Waals surface area contributed by atoms with Crippen molar-refractivity contribution in [3.8, 4) is 12.3 Å². The second-order valence-electron chi connectivity index (χ2n) is 5.48. The van der Waals surface area contributed by atoms with Crippen LogP contribution in [0.5, 0.6) is 0 Å². The number of carbonyl (C=O) groups is 1. The van der Waals surface area contributed by atoms with Gasteiger partial charge >= 0.3 is 0 Å². The summed E-state index contributed by atoms with van der Waals surface area (Å²) in [7, 11) is 0. The maximum absolute atomic E-state index is 11.2. The molecular formula is C14H22O2. The van der Waals surface area contributed by atoms with Crippen LogP contribution in [0.4, 0.5) is 0 Å². The lowest BCUT2D eigenvalue weighted by Crippen LogP contribution is -2.38. The van der Waals surface area contributed by atoms with Crippen molar-refractivity contribution in [3.63, 3.8) is 0 Å². The van der Waals surface area contributed by atoms with E-state index in [1.54, 1.807) is 0 Å². The SMILES string of the molecule is C#CC1(OCC(C)(C)CC)CCC(=O)CC1. The molecule has 2 heteroatoms. The summed E-state index contributed by atoms with van der Waals surface area (Å²) in [6.07, 6.45) is 9.13. The van der Waals surface area contributed by atoms with Crippen LogP contribution >= 0.6 is 0 Å². The molecule has 2 nitrogen and oxygen atoms in total. The molecule has 16 heavy (non-hydrogen) atoms. The Morgan fingerprint density at radius 3 is 2.44 bits per heavy atom. The van der Waals surface area contributed by atoms with Gasteiger partial charge in [0, 0.05) is 12.8 Å². The van der Waals surface area contributed by atoms with E-state index in [-0.39, 0.29) is 5.41 Å². The average molecular weight is 222 g/mol. The molecule has 0 spiro atoms. The van der Waals surface area contributed by atoms with E-state index in [4.69, 9.17) is 11.2 Å². The minimum Gasteiger partial charge on any atom is -0.362 e. The number of terminal acetylenes is 1. The van der Waals surface area contributed by atoms with Crippen molar-refractivity contribution >= 4 is 5.78 Å². The van der Waals surface area contributed by atoms with E-state index in [1.165, 1.54) is 0 Å². The van der Waals surface area contributed by atoms with Crippen molar-refractivity contribution < 1.29 is 9.53 Å². The molecule has 0 amide bonds. The lowest BCUT2D eigenvalue weighted by Gasteiger charge is -2.35. The summed E-state index contributed by atoms with van der Waals surface area (Å²) in [4.78, 5) is 11.2. The molecule has 0 aromatic heterocycles. The van der Waals surface area contributed by atoms with E-state index in [1.807, 2.05) is 0 Å². The van der Waals surface area contributed by atoms with Crippen LogP contribution in [0.1, 0.15) is 52.9 Å². The van der Waals surface area contributed by atoms with Gasteiger partial charge in [0.25, 0.3) is 0 Å². The van der Waals surface area contributed by atoms with Gasteiger partial charge in [0.1, 0.15) is 11.4 Å². The molecule has 1 aliphatic carbocycles. The standard InChI is InChI=1S/C14H22O2/c1-5-13(3,4)11-16-14(6-2)9-7-12(15)8-10-14/h2H,5,7-11H2,1,3-4H3. The molecule has 0 aromatic carbocycles. The summed E-state index contributed by atoms with van der Waals surface area (Å²) in [6, 6.07) is 0. The smallest absolute Gasteiger partial charge is 0.133 e. The number of hydrogen-bond acceptors (Lipinski definition) is 2. The molecule has 0 unspecified atom stereocenters. The molecule has 0 bridgehead atoms. The van der Waals surface area contributed by atoms with Gasteiger partial charge in [-0.15, -0.1) is 6.42 Å². The molecule has 90 valence electrons. The van der Waals surface area contributed by atoms with Gasteiger partial charge in [-0.2, -0.15) is 0 Å². The van der Waals surface area contributed by atoms with E-state index in [9.17, 15) is 4.79 Å². The summed E-state index contributed by atoms with van der Waals surface area (Å²) in [5, 5.41) is 0. The van der Waals surface area contributed by atoms with Crippen LogP contribution in [0.15, 0.2) is 0 Å². The van der Waals surface area contributed by atoms with Crippen molar-refractivity contribution in [1.29, 1.82) is 0 Å². The Kier molecular flexibility index (Phi) is 4.15. The summed E-state index contributed by atoms with van der Waals surface area (Å²) >= 11 is 0. The number of ketones is 1. The maximum Gasteiger partial charge on any atom is 0.133 e. The quantitative estimate of drug-likeness (QED) is 0.684. The number of hydrogen-bond donors (Lipinski definition) is 0. The van der Waals surface area contributed by atoms with Gasteiger partial charge in [-0.1, -0.05) is 26.7 Å². The Labute approximate surface area is 98.8 Å². The predicted octanol–water partition coefficient (Wildman–Crippen LogP) is 2.95. The van der Waals surface area contributed by atoms with E-state index in [0.29, 0.717) is 38.1 Å². The molecule has 0 radical (unpaired) electrons. The minimum absolute atomic E-state index is 0.158. The Morgan fingerprint density at radius 1 is 1.44 bits per heavy atom. The number of ether oxygens (including phenoxy) is 1. The van der Waals surface area contributed by atoms with Crippen LogP contribution in [0.2, 0.25) is 0 Å². The molecule has 0 saturated heterocycles. The fourth-order valence-electron chi connectivity index (χ4n) is 1.70. The topological polar surface area (TPSA) is 26.3 Å². The van der Waals surface area contributed by atoms with Gasteiger partial charge < -0.3 is 4.74 Å². The number of rotatable bonds is 4. The lowest BCUT2D eigenvalue weighted by atomic mass is 9.84. The number of carbonyl (C=O) groups excluding carboxylic acids is 1. The first kappa shape index (κ1) is 13.3. The second kappa shape index (κ2) is 5.01. The summed E-state index contributed by atoms with van der Waals surface area (Å²) in [5.74, 6) is 3.07. The first-order chi connectivity index (χ1) is 7.43. The fourth-order valence-corrected chi connectivity index (χ4v) is 1.70. The minimum atomic E-state index is -0.486. The van der Waals surface area contributed by atoms with E-state index >= 15 is 0 Å². The summed E-state index contributed by atoms with van der Waals surface area (Å²) < 4.78 is 5.94. The molecule has 0 atom stereocenters. The molecule has 1 saturated carbocycles. The van der Waals surface area contributed by atoms with E-state index in [2.05, 4.69) is 26.7 Å². The zero-order valence-corrected chi connectivity index (χ0v) is 10.6. The van der Waals surface area contributed by atoms with Gasteiger partial charge in [0.2, 0.25) is 0 Å². The summed E-state index contributed by atoms with van der Waals surface area (Å²) in [6.45, 7) is 7.16. The van der Waals surface area contributed by atoms with Gasteiger partial charge in [-0.25, -0.2) is 0 Å². The number of Topliss-reactive ketones (excluding diaryl/α,β-unsaturated/α-hetero) is 1. The Hall–Kier alpha value is -0.810. The highest BCUT2D eigenvalue weighted by Crippen LogP contribution is 2.32. The van der Waals surface area contributed by atoms with Crippen molar-refractivity contribution in [1.82, 2.24) is 0 Å². The molecular weight excluding hydrogens is 200 g/mol. The highest BCUT2D eigenvalue weighted by atomic mass is 16.5. The third kappa shape index (κ3) is 3.35. The third-order valence-corrected chi connectivity index (χ3v) is 3.57. The monoisotopic (exact) mass is 222 g/mol. The Morgan fingerprint density at radius 2 is 2.00 bits per heavy atom. The third-order valence-electron chi connectivity index (χ3n) is 3.57. The van der Waals surface area contributed by atoms with Gasteiger partial charge in [0.05, 0.1) is 6.61 Å². The molecule has 1 rings (SSSR count). The van der Waals surface area contributed by atoms with E-state index < -0.39 is 5.60 Å². The van der Waals surface area contributed by atoms with Crippen LogP contribution in [0, 0.1) is 17.8 Å². The van der Waals surface area contributed by atoms with Crippen molar-refractivity contribution in [2.75, 3.05) is 6.61 Å². The maximum atomic E-state index is 11.2. The van der Waals surface area contributed by atoms with Gasteiger partial charge in [-0.05, 0) is 24.7 Å². The Balaban J connectivity index is 2.56. The zero-order chi connectivity index (χ0) is 12.2. The van der Waals surface area contributed by atoms with Crippen molar-refractivity contribution in [3.05, 3.63) is 0 Å². The Bertz CT molecular complexity index is 286. The van der Waals surface area contributed by atoms with Crippen molar-refractivity contribution in [2.24, 2.45) is 5.41 Å². The van der Waals surface area contributed by atoms with Gasteiger partial charge in [0.15, 0.2) is 0 Å². The fraction of sp³-hybridized carbons (Fsp3) is 0.786. The first-order valence-corrected chi connectivity index (χ1v) is 6.06. The largest absolute Gasteiger partial charge is 0.362 e. The highest BCUT2D eigenvalue weighted by molar-refractivity contribution is 5.79. The first-order valence-electron chi connectivity index (χ1n) is 6.06. The second-order valence-corrected chi connectivity index (χ2v) is 5.48. The highest BCUT2D eigenvalue weighted by Gasteiger charge is 2.35. The molecule has 0 aromatic rings. The van der Waals surface area contributed by atoms with Crippen LogP contribution in [0.25, 0.3) is 0 Å². The molecule has 0 aliphatic heterocycles. The van der Waals surface area contributed by atoms with Crippen molar-refractivity contribution in [2.45, 2.75) is 58.5 Å². The van der Waals surface area contributed by atoms with Crippen LogP contribution < -0.4 is 0 Å². The van der Waals surface area contributed by atoms with Crippen LogP contribution in [-0.2, 0) is 9.53 Å². The lowest BCUT2D eigenvalue weighted by molar-refractivity contribution is -0.127. The van der Waals surface area contributed by atoms with Crippen LogP contribution in [0.3, 0.4) is 0 Å². The van der Waals surface area contributed by atoms with Crippen LogP contribution in [-0.4, -0.2) is 18.0 Å². The van der Waals surface area contributed by atoms with E-state index in [0.717, 1.165) is 6.42 Å². The molecule has 1 aliphatic rings. The molecule has 1 fully saturated rings. The zero-order valence-electron chi connectivity index (χ0n) is 10.6. The molecule has 0 heterocycles.